The molecule has 0 fully saturated rings. The highest BCUT2D eigenvalue weighted by atomic mass is 79.9. The zero-order valence-corrected chi connectivity index (χ0v) is 8.63. The molecule has 1 N–H and O–H groups in total. The van der Waals surface area contributed by atoms with Crippen molar-refractivity contribution < 1.29 is 9.84 Å². The van der Waals surface area contributed by atoms with Gasteiger partial charge < -0.3 is 9.84 Å². The van der Waals surface area contributed by atoms with Crippen LogP contribution in [-0.4, -0.2) is 12.2 Å². The number of aromatic hydroxyl groups is 1. The smallest absolute Gasteiger partial charge is 0.116 e. The summed E-state index contributed by atoms with van der Waals surface area (Å²) in [5, 5.41) is 9.12. The Morgan fingerprint density at radius 1 is 1.50 bits per heavy atom. The first-order valence-electron chi connectivity index (χ1n) is 3.66. The van der Waals surface area contributed by atoms with E-state index >= 15 is 0 Å². The fourth-order valence-corrected chi connectivity index (χ4v) is 1.66. The zero-order chi connectivity index (χ0) is 9.14. The van der Waals surface area contributed by atoms with Crippen LogP contribution >= 0.6 is 15.9 Å². The summed E-state index contributed by atoms with van der Waals surface area (Å²) in [6, 6.07) is 5.15. The number of rotatable bonds is 2. The number of benzene rings is 1. The number of hydrogen-bond donors (Lipinski definition) is 1. The van der Waals surface area contributed by atoms with Gasteiger partial charge in [0.05, 0.1) is 6.10 Å². The maximum absolute atomic E-state index is 9.12. The molecule has 1 atom stereocenters. The van der Waals surface area contributed by atoms with Crippen molar-refractivity contribution in [1.29, 1.82) is 0 Å². The molecule has 3 heteroatoms. The summed E-state index contributed by atoms with van der Waals surface area (Å²) in [6.45, 7) is 1.96. The number of phenolic OH excluding ortho intramolecular Hbond substituents is 1. The summed E-state index contributed by atoms with van der Waals surface area (Å²) in [4.78, 5) is 0. The molecule has 0 radical (unpaired) electrons. The highest BCUT2D eigenvalue weighted by Crippen LogP contribution is 2.28. The van der Waals surface area contributed by atoms with Crippen LogP contribution in [0.1, 0.15) is 18.6 Å². The van der Waals surface area contributed by atoms with Gasteiger partial charge in [-0.3, -0.25) is 0 Å². The maximum Gasteiger partial charge on any atom is 0.116 e. The molecule has 0 heterocycles. The highest BCUT2D eigenvalue weighted by molar-refractivity contribution is 9.10. The lowest BCUT2D eigenvalue weighted by molar-refractivity contribution is 0.119. The Labute approximate surface area is 80.3 Å². The summed E-state index contributed by atoms with van der Waals surface area (Å²) in [5.74, 6) is 0.258. The van der Waals surface area contributed by atoms with Crippen LogP contribution in [0.2, 0.25) is 0 Å². The molecule has 1 aromatic rings. The minimum atomic E-state index is 0.0416. The SMILES string of the molecule is CO[C@@H](C)c1ccc(O)cc1Br. The molecule has 0 aliphatic rings. The van der Waals surface area contributed by atoms with Gasteiger partial charge in [-0.25, -0.2) is 0 Å². The average Bonchev–Trinajstić information content (AvgIpc) is 2.03. The minimum Gasteiger partial charge on any atom is -0.508 e. The van der Waals surface area contributed by atoms with Crippen molar-refractivity contribution in [3.05, 3.63) is 28.2 Å². The van der Waals surface area contributed by atoms with Gasteiger partial charge in [0.2, 0.25) is 0 Å². The molecule has 0 amide bonds. The number of hydrogen-bond acceptors (Lipinski definition) is 2. The van der Waals surface area contributed by atoms with Crippen molar-refractivity contribution in [2.75, 3.05) is 7.11 Å². The summed E-state index contributed by atoms with van der Waals surface area (Å²) in [5.41, 5.74) is 1.04. The lowest BCUT2D eigenvalue weighted by Gasteiger charge is -2.11. The average molecular weight is 231 g/mol. The van der Waals surface area contributed by atoms with Gasteiger partial charge in [-0.2, -0.15) is 0 Å². The first kappa shape index (κ1) is 9.55. The van der Waals surface area contributed by atoms with E-state index < -0.39 is 0 Å². The Hall–Kier alpha value is -0.540. The quantitative estimate of drug-likeness (QED) is 0.847. The number of ether oxygens (including phenoxy) is 1. The summed E-state index contributed by atoms with van der Waals surface area (Å²) < 4.78 is 6.02. The Morgan fingerprint density at radius 3 is 2.67 bits per heavy atom. The number of phenols is 1. The third-order valence-electron chi connectivity index (χ3n) is 1.78. The molecule has 12 heavy (non-hydrogen) atoms. The second kappa shape index (κ2) is 3.92. The predicted molar refractivity (Wildman–Crippen MR) is 51.2 cm³/mol. The van der Waals surface area contributed by atoms with Crippen LogP contribution in [0.25, 0.3) is 0 Å². The van der Waals surface area contributed by atoms with E-state index in [0.29, 0.717) is 0 Å². The molecule has 2 nitrogen and oxygen atoms in total. The first-order valence-corrected chi connectivity index (χ1v) is 4.45. The van der Waals surface area contributed by atoms with E-state index in [2.05, 4.69) is 15.9 Å². The molecule has 66 valence electrons. The van der Waals surface area contributed by atoms with Gasteiger partial charge >= 0.3 is 0 Å². The van der Waals surface area contributed by atoms with Crippen molar-refractivity contribution in [2.45, 2.75) is 13.0 Å². The largest absolute Gasteiger partial charge is 0.508 e. The molecule has 0 spiro atoms. The Morgan fingerprint density at radius 2 is 2.17 bits per heavy atom. The summed E-state index contributed by atoms with van der Waals surface area (Å²) in [7, 11) is 1.66. The molecule has 0 saturated carbocycles. The molecule has 0 aliphatic carbocycles. The molecule has 0 bridgehead atoms. The van der Waals surface area contributed by atoms with Crippen molar-refractivity contribution in [1.82, 2.24) is 0 Å². The molecule has 0 aliphatic heterocycles. The van der Waals surface area contributed by atoms with Gasteiger partial charge in [-0.05, 0) is 24.6 Å². The van der Waals surface area contributed by atoms with Crippen molar-refractivity contribution in [2.24, 2.45) is 0 Å². The number of halogens is 1. The van der Waals surface area contributed by atoms with Crippen LogP contribution in [0.4, 0.5) is 0 Å². The van der Waals surface area contributed by atoms with Crippen LogP contribution < -0.4 is 0 Å². The molecule has 0 aromatic heterocycles. The fraction of sp³-hybridized carbons (Fsp3) is 0.333. The Kier molecular flexibility index (Phi) is 3.12. The first-order chi connectivity index (χ1) is 5.65. The van der Waals surface area contributed by atoms with Crippen LogP contribution in [0.5, 0.6) is 5.75 Å². The van der Waals surface area contributed by atoms with E-state index in [1.165, 1.54) is 0 Å². The fourth-order valence-electron chi connectivity index (χ4n) is 0.973. The second-order valence-electron chi connectivity index (χ2n) is 2.58. The van der Waals surface area contributed by atoms with E-state index in [1.54, 1.807) is 19.2 Å². The highest BCUT2D eigenvalue weighted by Gasteiger charge is 2.07. The predicted octanol–water partition coefficient (Wildman–Crippen LogP) is 2.86. The third kappa shape index (κ3) is 1.99. The van der Waals surface area contributed by atoms with Gasteiger partial charge in [0.25, 0.3) is 0 Å². The van der Waals surface area contributed by atoms with Gasteiger partial charge in [0.1, 0.15) is 5.75 Å². The summed E-state index contributed by atoms with van der Waals surface area (Å²) >= 11 is 3.35. The summed E-state index contributed by atoms with van der Waals surface area (Å²) in [6.07, 6.45) is 0.0416. The van der Waals surface area contributed by atoms with Gasteiger partial charge in [-0.15, -0.1) is 0 Å². The standard InChI is InChI=1S/C9H11BrO2/c1-6(12-2)8-4-3-7(11)5-9(8)10/h3-6,11H,1-2H3/t6-/m0/s1. The lowest BCUT2D eigenvalue weighted by Crippen LogP contribution is -1.96. The van der Waals surface area contributed by atoms with Crippen LogP contribution in [0, 0.1) is 0 Å². The van der Waals surface area contributed by atoms with Gasteiger partial charge in [0, 0.05) is 11.6 Å². The normalized spacial score (nSPS) is 12.9. The minimum absolute atomic E-state index is 0.0416. The Bertz CT molecular complexity index is 273. The Balaban J connectivity index is 3.01. The van der Waals surface area contributed by atoms with Crippen molar-refractivity contribution >= 4 is 15.9 Å². The molecule has 0 unspecified atom stereocenters. The van der Waals surface area contributed by atoms with Gasteiger partial charge in [-0.1, -0.05) is 22.0 Å². The maximum atomic E-state index is 9.12. The lowest BCUT2D eigenvalue weighted by atomic mass is 10.1. The van der Waals surface area contributed by atoms with E-state index in [9.17, 15) is 0 Å². The molecular formula is C9H11BrO2. The molecule has 0 saturated heterocycles. The molecule has 1 rings (SSSR count). The van der Waals surface area contributed by atoms with Gasteiger partial charge in [0.15, 0.2) is 0 Å². The van der Waals surface area contributed by atoms with E-state index in [4.69, 9.17) is 9.84 Å². The van der Waals surface area contributed by atoms with E-state index in [0.717, 1.165) is 10.0 Å². The van der Waals surface area contributed by atoms with Crippen LogP contribution in [0.3, 0.4) is 0 Å². The van der Waals surface area contributed by atoms with Crippen molar-refractivity contribution in [3.63, 3.8) is 0 Å². The van der Waals surface area contributed by atoms with E-state index in [1.807, 2.05) is 13.0 Å². The molecular weight excluding hydrogens is 220 g/mol. The zero-order valence-electron chi connectivity index (χ0n) is 7.04. The van der Waals surface area contributed by atoms with Crippen LogP contribution in [0.15, 0.2) is 22.7 Å². The molecule has 1 aromatic carbocycles. The third-order valence-corrected chi connectivity index (χ3v) is 2.46. The van der Waals surface area contributed by atoms with E-state index in [-0.39, 0.29) is 11.9 Å². The topological polar surface area (TPSA) is 29.5 Å². The number of methoxy groups -OCH3 is 1. The van der Waals surface area contributed by atoms with Crippen LogP contribution in [-0.2, 0) is 4.74 Å². The monoisotopic (exact) mass is 230 g/mol. The van der Waals surface area contributed by atoms with Crippen molar-refractivity contribution in [3.8, 4) is 5.75 Å². The second-order valence-corrected chi connectivity index (χ2v) is 3.44.